The van der Waals surface area contributed by atoms with Gasteiger partial charge in [-0.1, -0.05) is 59.8 Å². The van der Waals surface area contributed by atoms with Crippen molar-refractivity contribution in [1.29, 1.82) is 0 Å². The molecule has 2 unspecified atom stereocenters. The van der Waals surface area contributed by atoms with E-state index in [0.717, 1.165) is 32.1 Å². The quantitative estimate of drug-likeness (QED) is 0.239. The molecule has 0 aliphatic carbocycles. The maximum atomic E-state index is 12.8. The van der Waals surface area contributed by atoms with Crippen LogP contribution in [0.3, 0.4) is 0 Å². The molecule has 0 saturated carbocycles. The van der Waals surface area contributed by atoms with E-state index < -0.39 is 17.4 Å². The molecule has 152 valence electrons. The minimum atomic E-state index is -0.670. The van der Waals surface area contributed by atoms with Gasteiger partial charge in [-0.15, -0.1) is 0 Å². The predicted molar refractivity (Wildman–Crippen MR) is 102 cm³/mol. The lowest BCUT2D eigenvalue weighted by molar-refractivity contribution is -0.155. The Balaban J connectivity index is 5.04. The summed E-state index contributed by atoms with van der Waals surface area (Å²) in [6.45, 7) is 7.74. The Morgan fingerprint density at radius 3 is 2.15 bits per heavy atom. The fourth-order valence-corrected chi connectivity index (χ4v) is 2.74. The second-order valence-electron chi connectivity index (χ2n) is 8.17. The third-order valence-electron chi connectivity index (χ3n) is 4.40. The van der Waals surface area contributed by atoms with Crippen molar-refractivity contribution in [2.45, 2.75) is 72.3 Å². The number of hydrogen-bond donors (Lipinski definition) is 2. The Hall–Kier alpha value is -1.63. The van der Waals surface area contributed by atoms with Crippen LogP contribution in [-0.4, -0.2) is 60.1 Å². The van der Waals surface area contributed by atoms with Crippen LogP contribution in [0.5, 0.6) is 0 Å². The Labute approximate surface area is 158 Å². The molecule has 7 heteroatoms. The van der Waals surface area contributed by atoms with E-state index in [1.165, 1.54) is 4.90 Å². The minimum Gasteiger partial charge on any atom is -0.347 e. The van der Waals surface area contributed by atoms with Gasteiger partial charge in [0.25, 0.3) is 0 Å². The molecular weight excluding hydrogens is 334 g/mol. The predicted octanol–water partition coefficient (Wildman–Crippen LogP) is 2.43. The molecule has 0 bridgehead atoms. The van der Waals surface area contributed by atoms with Gasteiger partial charge in [0.2, 0.25) is 18.2 Å². The SMILES string of the molecule is CCCCCCCC(CN(O)C=O)C(=O)NC(C(=O)N(C)C)C(C)(C)C. The van der Waals surface area contributed by atoms with Crippen LogP contribution in [0.2, 0.25) is 0 Å². The number of unbranched alkanes of at least 4 members (excludes halogenated alkanes) is 4. The van der Waals surface area contributed by atoms with Crippen LogP contribution < -0.4 is 5.32 Å². The summed E-state index contributed by atoms with van der Waals surface area (Å²) in [6.07, 6.45) is 6.10. The maximum Gasteiger partial charge on any atom is 0.245 e. The van der Waals surface area contributed by atoms with E-state index in [2.05, 4.69) is 12.2 Å². The van der Waals surface area contributed by atoms with Crippen molar-refractivity contribution in [1.82, 2.24) is 15.3 Å². The molecule has 0 spiro atoms. The zero-order chi connectivity index (χ0) is 20.3. The summed E-state index contributed by atoms with van der Waals surface area (Å²) in [5.41, 5.74) is -0.452. The number of carbonyl (C=O) groups is 3. The van der Waals surface area contributed by atoms with Crippen LogP contribution >= 0.6 is 0 Å². The highest BCUT2D eigenvalue weighted by Gasteiger charge is 2.35. The first-order chi connectivity index (χ1) is 12.0. The van der Waals surface area contributed by atoms with Gasteiger partial charge in [-0.3, -0.25) is 19.6 Å². The first-order valence-electron chi connectivity index (χ1n) is 9.46. The summed E-state index contributed by atoms with van der Waals surface area (Å²) in [5, 5.41) is 12.9. The van der Waals surface area contributed by atoms with E-state index in [1.807, 2.05) is 20.8 Å². The Morgan fingerprint density at radius 2 is 1.69 bits per heavy atom. The van der Waals surface area contributed by atoms with Crippen molar-refractivity contribution in [3.63, 3.8) is 0 Å². The molecule has 0 saturated heterocycles. The van der Waals surface area contributed by atoms with E-state index in [-0.39, 0.29) is 18.4 Å². The summed E-state index contributed by atoms with van der Waals surface area (Å²) in [7, 11) is 3.31. The van der Waals surface area contributed by atoms with Crippen LogP contribution in [0.25, 0.3) is 0 Å². The summed E-state index contributed by atoms with van der Waals surface area (Å²) < 4.78 is 0. The molecule has 0 aromatic carbocycles. The molecule has 7 nitrogen and oxygen atoms in total. The van der Waals surface area contributed by atoms with Gasteiger partial charge in [0.05, 0.1) is 12.5 Å². The lowest BCUT2D eigenvalue weighted by atomic mass is 9.85. The highest BCUT2D eigenvalue weighted by molar-refractivity contribution is 5.89. The standard InChI is InChI=1S/C19H37N3O4/c1-7-8-9-10-11-12-15(13-22(26)14-23)17(24)20-16(19(2,3)4)18(25)21(5)6/h14-16,26H,7-13H2,1-6H3,(H,20,24). The molecular formula is C19H37N3O4. The molecule has 0 radical (unpaired) electrons. The van der Waals surface area contributed by atoms with E-state index in [4.69, 9.17) is 0 Å². The molecule has 0 aliphatic rings. The van der Waals surface area contributed by atoms with Crippen molar-refractivity contribution in [3.8, 4) is 0 Å². The number of rotatable bonds is 12. The van der Waals surface area contributed by atoms with Crippen LogP contribution in [0.1, 0.15) is 66.2 Å². The number of nitrogens with one attached hydrogen (secondary N) is 1. The molecule has 0 aliphatic heterocycles. The Kier molecular flexibility index (Phi) is 11.1. The molecule has 0 rings (SSSR count). The van der Waals surface area contributed by atoms with Crippen LogP contribution in [0.15, 0.2) is 0 Å². The van der Waals surface area contributed by atoms with Crippen molar-refractivity contribution < 1.29 is 19.6 Å². The molecule has 2 N–H and O–H groups in total. The number of carbonyl (C=O) groups excluding carboxylic acids is 3. The first-order valence-corrected chi connectivity index (χ1v) is 9.46. The maximum absolute atomic E-state index is 12.8. The Morgan fingerprint density at radius 1 is 1.12 bits per heavy atom. The molecule has 0 fully saturated rings. The van der Waals surface area contributed by atoms with Crippen molar-refractivity contribution in [3.05, 3.63) is 0 Å². The normalized spacial score (nSPS) is 13.7. The highest BCUT2D eigenvalue weighted by Crippen LogP contribution is 2.22. The molecule has 0 aromatic rings. The van der Waals surface area contributed by atoms with Gasteiger partial charge in [-0.05, 0) is 11.8 Å². The van der Waals surface area contributed by atoms with Crippen LogP contribution in [0.4, 0.5) is 0 Å². The van der Waals surface area contributed by atoms with Gasteiger partial charge in [-0.25, -0.2) is 5.06 Å². The number of nitrogens with zero attached hydrogens (tertiary/aromatic N) is 2. The summed E-state index contributed by atoms with van der Waals surface area (Å²) in [4.78, 5) is 37.4. The average molecular weight is 372 g/mol. The van der Waals surface area contributed by atoms with E-state index >= 15 is 0 Å². The molecule has 3 amide bonds. The zero-order valence-electron chi connectivity index (χ0n) is 17.2. The number of likely N-dealkylation sites (N-methyl/N-ethyl adjacent to an activating group) is 1. The average Bonchev–Trinajstić information content (AvgIpc) is 2.56. The number of hydroxylamine groups is 2. The van der Waals surface area contributed by atoms with Crippen molar-refractivity contribution in [2.24, 2.45) is 11.3 Å². The second kappa shape index (κ2) is 11.9. The number of amides is 3. The van der Waals surface area contributed by atoms with Crippen LogP contribution in [-0.2, 0) is 14.4 Å². The second-order valence-corrected chi connectivity index (χ2v) is 8.17. The molecule has 26 heavy (non-hydrogen) atoms. The van der Waals surface area contributed by atoms with Gasteiger partial charge in [-0.2, -0.15) is 0 Å². The lowest BCUT2D eigenvalue weighted by Gasteiger charge is -2.33. The van der Waals surface area contributed by atoms with E-state index in [1.54, 1.807) is 14.1 Å². The highest BCUT2D eigenvalue weighted by atomic mass is 16.5. The topological polar surface area (TPSA) is 90.0 Å². The number of hydrogen-bond acceptors (Lipinski definition) is 4. The monoisotopic (exact) mass is 371 g/mol. The van der Waals surface area contributed by atoms with Gasteiger partial charge in [0.1, 0.15) is 6.04 Å². The summed E-state index contributed by atoms with van der Waals surface area (Å²) >= 11 is 0. The fourth-order valence-electron chi connectivity index (χ4n) is 2.74. The van der Waals surface area contributed by atoms with E-state index in [0.29, 0.717) is 17.9 Å². The zero-order valence-corrected chi connectivity index (χ0v) is 17.2. The van der Waals surface area contributed by atoms with Gasteiger partial charge >= 0.3 is 0 Å². The fraction of sp³-hybridized carbons (Fsp3) is 0.842. The van der Waals surface area contributed by atoms with Gasteiger partial charge in [0.15, 0.2) is 0 Å². The third-order valence-corrected chi connectivity index (χ3v) is 4.40. The molecule has 0 heterocycles. The van der Waals surface area contributed by atoms with Crippen molar-refractivity contribution >= 4 is 18.2 Å². The minimum absolute atomic E-state index is 0.0733. The van der Waals surface area contributed by atoms with E-state index in [9.17, 15) is 19.6 Å². The summed E-state index contributed by atoms with van der Waals surface area (Å²) in [6, 6.07) is -0.670. The third kappa shape index (κ3) is 9.17. The lowest BCUT2D eigenvalue weighted by Crippen LogP contribution is -2.55. The molecule has 2 atom stereocenters. The van der Waals surface area contributed by atoms with Gasteiger partial charge in [0, 0.05) is 14.1 Å². The molecule has 0 aromatic heterocycles. The summed E-state index contributed by atoms with van der Waals surface area (Å²) in [5.74, 6) is -1.04. The van der Waals surface area contributed by atoms with Crippen LogP contribution in [0, 0.1) is 11.3 Å². The van der Waals surface area contributed by atoms with Gasteiger partial charge < -0.3 is 10.2 Å². The smallest absolute Gasteiger partial charge is 0.245 e. The Bertz CT molecular complexity index is 447. The first kappa shape index (κ1) is 24.4. The van der Waals surface area contributed by atoms with Crippen molar-refractivity contribution in [2.75, 3.05) is 20.6 Å². The largest absolute Gasteiger partial charge is 0.347 e.